The fourth-order valence-electron chi connectivity index (χ4n) is 2.38. The molecule has 100 valence electrons. The molecule has 0 spiro atoms. The van der Waals surface area contributed by atoms with E-state index in [0.29, 0.717) is 6.54 Å². The van der Waals surface area contributed by atoms with Gasteiger partial charge in [-0.1, -0.05) is 0 Å². The van der Waals surface area contributed by atoms with Crippen molar-refractivity contribution in [2.75, 3.05) is 26.7 Å². The lowest BCUT2D eigenvalue weighted by atomic mass is 9.93. The van der Waals surface area contributed by atoms with Crippen molar-refractivity contribution in [3.05, 3.63) is 0 Å². The molecular weight excluding hydrogens is 218 g/mol. The summed E-state index contributed by atoms with van der Waals surface area (Å²) in [4.78, 5) is 13.9. The van der Waals surface area contributed by atoms with Crippen LogP contribution in [-0.4, -0.2) is 48.3 Å². The number of esters is 1. The second-order valence-electron chi connectivity index (χ2n) is 6.00. The highest BCUT2D eigenvalue weighted by atomic mass is 16.5. The molecule has 1 saturated heterocycles. The molecule has 0 saturated carbocycles. The third-order valence-corrected chi connectivity index (χ3v) is 3.51. The minimum atomic E-state index is -0.551. The van der Waals surface area contributed by atoms with Crippen LogP contribution in [0.2, 0.25) is 0 Å². The molecule has 0 amide bonds. The van der Waals surface area contributed by atoms with Gasteiger partial charge in [0.25, 0.3) is 0 Å². The molecule has 17 heavy (non-hydrogen) atoms. The fourth-order valence-corrected chi connectivity index (χ4v) is 2.38. The van der Waals surface area contributed by atoms with Gasteiger partial charge >= 0.3 is 5.97 Å². The first-order valence-corrected chi connectivity index (χ1v) is 6.30. The molecule has 0 aromatic rings. The van der Waals surface area contributed by atoms with Crippen molar-refractivity contribution in [2.45, 2.75) is 45.6 Å². The fraction of sp³-hybridized carbons (Fsp3) is 0.923. The smallest absolute Gasteiger partial charge is 0.312 e. The molecule has 1 heterocycles. The molecule has 0 aromatic heterocycles. The molecule has 0 radical (unpaired) electrons. The summed E-state index contributed by atoms with van der Waals surface area (Å²) >= 11 is 0. The predicted octanol–water partition coefficient (Wildman–Crippen LogP) is 1.42. The Balaban J connectivity index is 2.55. The first-order chi connectivity index (χ1) is 7.77. The summed E-state index contributed by atoms with van der Waals surface area (Å²) < 4.78 is 4.81. The first kappa shape index (κ1) is 14.5. The van der Waals surface area contributed by atoms with Gasteiger partial charge < -0.3 is 14.7 Å². The molecule has 0 aliphatic carbocycles. The van der Waals surface area contributed by atoms with Crippen LogP contribution in [0.1, 0.15) is 40.0 Å². The SMILES string of the molecule is COC(=O)C(C)(C)CN1CCCC(C)(O)CC1. The largest absolute Gasteiger partial charge is 0.469 e. The lowest BCUT2D eigenvalue weighted by Gasteiger charge is -2.30. The summed E-state index contributed by atoms with van der Waals surface area (Å²) in [6, 6.07) is 0. The van der Waals surface area contributed by atoms with Gasteiger partial charge in [-0.15, -0.1) is 0 Å². The zero-order valence-electron chi connectivity index (χ0n) is 11.5. The van der Waals surface area contributed by atoms with Crippen LogP contribution in [0, 0.1) is 5.41 Å². The summed E-state index contributed by atoms with van der Waals surface area (Å²) in [5.41, 5.74) is -1.03. The summed E-state index contributed by atoms with van der Waals surface area (Å²) in [5.74, 6) is -0.173. The highest BCUT2D eigenvalue weighted by Crippen LogP contribution is 2.25. The second-order valence-corrected chi connectivity index (χ2v) is 6.00. The summed E-state index contributed by atoms with van der Waals surface area (Å²) in [5, 5.41) is 10.0. The maximum atomic E-state index is 11.6. The molecule has 1 aliphatic heterocycles. The van der Waals surface area contributed by atoms with E-state index in [1.165, 1.54) is 7.11 Å². The maximum Gasteiger partial charge on any atom is 0.312 e. The second kappa shape index (κ2) is 5.36. The maximum absolute atomic E-state index is 11.6. The quantitative estimate of drug-likeness (QED) is 0.762. The molecule has 1 aliphatic rings. The van der Waals surface area contributed by atoms with Crippen molar-refractivity contribution < 1.29 is 14.6 Å². The van der Waals surface area contributed by atoms with Crippen molar-refractivity contribution in [1.29, 1.82) is 0 Å². The molecular formula is C13H25NO3. The molecule has 4 nitrogen and oxygen atoms in total. The van der Waals surface area contributed by atoms with Gasteiger partial charge in [0, 0.05) is 13.1 Å². The van der Waals surface area contributed by atoms with E-state index in [1.54, 1.807) is 0 Å². The Morgan fingerprint density at radius 2 is 2.06 bits per heavy atom. The average Bonchev–Trinajstić information content (AvgIpc) is 2.38. The van der Waals surface area contributed by atoms with E-state index >= 15 is 0 Å². The number of carbonyl (C=O) groups excluding carboxylic acids is 1. The normalized spacial score (nSPS) is 27.6. The Bertz CT molecular complexity index is 274. The molecule has 1 atom stereocenters. The zero-order valence-corrected chi connectivity index (χ0v) is 11.5. The van der Waals surface area contributed by atoms with E-state index in [9.17, 15) is 9.90 Å². The minimum absolute atomic E-state index is 0.173. The van der Waals surface area contributed by atoms with E-state index < -0.39 is 11.0 Å². The number of hydrogen-bond acceptors (Lipinski definition) is 4. The topological polar surface area (TPSA) is 49.8 Å². The van der Waals surface area contributed by atoms with E-state index in [0.717, 1.165) is 32.4 Å². The lowest BCUT2D eigenvalue weighted by molar-refractivity contribution is -0.151. The van der Waals surface area contributed by atoms with Gasteiger partial charge in [0.15, 0.2) is 0 Å². The summed E-state index contributed by atoms with van der Waals surface area (Å²) in [6.07, 6.45) is 2.58. The van der Waals surface area contributed by atoms with Crippen LogP contribution in [0.25, 0.3) is 0 Å². The number of nitrogens with zero attached hydrogens (tertiary/aromatic N) is 1. The van der Waals surface area contributed by atoms with Crippen LogP contribution >= 0.6 is 0 Å². The van der Waals surface area contributed by atoms with Gasteiger partial charge in [0.05, 0.1) is 18.1 Å². The number of hydrogen-bond donors (Lipinski definition) is 1. The van der Waals surface area contributed by atoms with Crippen LogP contribution in [0.4, 0.5) is 0 Å². The van der Waals surface area contributed by atoms with Crippen molar-refractivity contribution in [2.24, 2.45) is 5.41 Å². The number of aliphatic hydroxyl groups is 1. The van der Waals surface area contributed by atoms with Crippen molar-refractivity contribution in [3.63, 3.8) is 0 Å². The number of carbonyl (C=O) groups is 1. The standard InChI is InChI=1S/C13H25NO3/c1-12(2,11(15)17-4)10-14-8-5-6-13(3,16)7-9-14/h16H,5-10H2,1-4H3. The van der Waals surface area contributed by atoms with Crippen LogP contribution < -0.4 is 0 Å². The third kappa shape index (κ3) is 4.28. The Hall–Kier alpha value is -0.610. The van der Waals surface area contributed by atoms with E-state index in [1.807, 2.05) is 20.8 Å². The lowest BCUT2D eigenvalue weighted by Crippen LogP contribution is -2.40. The van der Waals surface area contributed by atoms with Crippen molar-refractivity contribution in [1.82, 2.24) is 4.90 Å². The third-order valence-electron chi connectivity index (χ3n) is 3.51. The Morgan fingerprint density at radius 1 is 1.41 bits per heavy atom. The summed E-state index contributed by atoms with van der Waals surface area (Å²) in [6.45, 7) is 8.17. The Labute approximate surface area is 104 Å². The first-order valence-electron chi connectivity index (χ1n) is 6.30. The molecule has 1 rings (SSSR count). The van der Waals surface area contributed by atoms with Crippen molar-refractivity contribution >= 4 is 5.97 Å². The molecule has 0 bridgehead atoms. The van der Waals surface area contributed by atoms with Crippen LogP contribution in [-0.2, 0) is 9.53 Å². The minimum Gasteiger partial charge on any atom is -0.469 e. The van der Waals surface area contributed by atoms with Gasteiger partial charge in [-0.25, -0.2) is 0 Å². The number of rotatable bonds is 3. The monoisotopic (exact) mass is 243 g/mol. The van der Waals surface area contributed by atoms with E-state index in [-0.39, 0.29) is 5.97 Å². The van der Waals surface area contributed by atoms with Gasteiger partial charge in [-0.3, -0.25) is 4.79 Å². The zero-order chi connectivity index (χ0) is 13.1. The number of likely N-dealkylation sites (tertiary alicyclic amines) is 1. The molecule has 0 aromatic carbocycles. The van der Waals surface area contributed by atoms with Gasteiger partial charge in [0.1, 0.15) is 0 Å². The summed E-state index contributed by atoms with van der Waals surface area (Å²) in [7, 11) is 1.43. The highest BCUT2D eigenvalue weighted by molar-refractivity contribution is 5.76. The van der Waals surface area contributed by atoms with E-state index in [4.69, 9.17) is 4.74 Å². The van der Waals surface area contributed by atoms with Gasteiger partial charge in [-0.2, -0.15) is 0 Å². The molecule has 1 fully saturated rings. The Morgan fingerprint density at radius 3 is 2.65 bits per heavy atom. The Kier molecular flexibility index (Phi) is 4.55. The van der Waals surface area contributed by atoms with Gasteiger partial charge in [0.2, 0.25) is 0 Å². The van der Waals surface area contributed by atoms with Crippen molar-refractivity contribution in [3.8, 4) is 0 Å². The average molecular weight is 243 g/mol. The predicted molar refractivity (Wildman–Crippen MR) is 66.7 cm³/mol. The van der Waals surface area contributed by atoms with E-state index in [2.05, 4.69) is 4.90 Å². The highest BCUT2D eigenvalue weighted by Gasteiger charge is 2.33. The molecule has 1 N–H and O–H groups in total. The van der Waals surface area contributed by atoms with Crippen LogP contribution in [0.3, 0.4) is 0 Å². The number of ether oxygens (including phenoxy) is 1. The van der Waals surface area contributed by atoms with Crippen LogP contribution in [0.15, 0.2) is 0 Å². The van der Waals surface area contributed by atoms with Gasteiger partial charge in [-0.05, 0) is 46.6 Å². The van der Waals surface area contributed by atoms with Crippen LogP contribution in [0.5, 0.6) is 0 Å². The number of methoxy groups -OCH3 is 1. The molecule has 1 unspecified atom stereocenters. The molecule has 4 heteroatoms.